The fraction of sp³-hybridized carbons (Fsp3) is 0.308. The van der Waals surface area contributed by atoms with Crippen LogP contribution >= 0.6 is 0 Å². The maximum atomic E-state index is 13.5. The second kappa shape index (κ2) is 10.5. The number of piperidine rings is 1. The molecule has 0 aromatic heterocycles. The Bertz CT molecular complexity index is 1340. The average Bonchev–Trinajstić information content (AvgIpc) is 2.83. The Morgan fingerprint density at radius 3 is 2.40 bits per heavy atom. The van der Waals surface area contributed by atoms with Crippen LogP contribution in [0.5, 0.6) is 0 Å². The third kappa shape index (κ3) is 6.04. The Hall–Kier alpha value is -3.30. The van der Waals surface area contributed by atoms with Crippen molar-refractivity contribution < 1.29 is 22.4 Å². The molecule has 1 unspecified atom stereocenters. The van der Waals surface area contributed by atoms with Crippen molar-refractivity contribution in [3.8, 4) is 0 Å². The van der Waals surface area contributed by atoms with Crippen molar-refractivity contribution in [3.05, 3.63) is 78.1 Å². The van der Waals surface area contributed by atoms with Gasteiger partial charge in [-0.15, -0.1) is 0 Å². The normalized spacial score (nSPS) is 16.1. The number of rotatable bonds is 7. The van der Waals surface area contributed by atoms with Crippen molar-refractivity contribution in [1.29, 1.82) is 0 Å². The molecule has 7 nitrogen and oxygen atoms in total. The average molecular weight is 498 g/mol. The van der Waals surface area contributed by atoms with Crippen LogP contribution in [0.3, 0.4) is 0 Å². The fourth-order valence-corrected chi connectivity index (χ4v) is 5.88. The maximum Gasteiger partial charge on any atom is 0.243 e. The number of benzene rings is 3. The summed E-state index contributed by atoms with van der Waals surface area (Å²) in [5, 5.41) is 7.38. The number of halogens is 1. The molecule has 1 aliphatic rings. The van der Waals surface area contributed by atoms with Crippen molar-refractivity contribution >= 4 is 32.6 Å². The van der Waals surface area contributed by atoms with Gasteiger partial charge in [0.05, 0.1) is 4.90 Å². The molecule has 0 saturated carbocycles. The van der Waals surface area contributed by atoms with E-state index in [1.165, 1.54) is 23.4 Å². The zero-order valence-corrected chi connectivity index (χ0v) is 20.2. The lowest BCUT2D eigenvalue weighted by atomic mass is 10.0. The maximum absolute atomic E-state index is 13.5. The molecule has 0 spiro atoms. The topological polar surface area (TPSA) is 95.6 Å². The quantitative estimate of drug-likeness (QED) is 0.525. The van der Waals surface area contributed by atoms with E-state index in [-0.39, 0.29) is 42.3 Å². The van der Waals surface area contributed by atoms with Gasteiger partial charge >= 0.3 is 0 Å². The van der Waals surface area contributed by atoms with Gasteiger partial charge in [0.2, 0.25) is 21.8 Å². The van der Waals surface area contributed by atoms with E-state index >= 15 is 0 Å². The number of sulfonamides is 1. The van der Waals surface area contributed by atoms with Gasteiger partial charge in [0.1, 0.15) is 11.9 Å². The van der Waals surface area contributed by atoms with E-state index in [0.29, 0.717) is 18.4 Å². The van der Waals surface area contributed by atoms with Crippen LogP contribution in [0.4, 0.5) is 4.39 Å². The van der Waals surface area contributed by atoms with Crippen LogP contribution < -0.4 is 10.6 Å². The molecule has 1 saturated heterocycles. The number of hydrogen-bond acceptors (Lipinski definition) is 4. The third-order valence-electron chi connectivity index (χ3n) is 6.18. The summed E-state index contributed by atoms with van der Waals surface area (Å²) in [6.45, 7) is 1.87. The minimum absolute atomic E-state index is 0.151. The summed E-state index contributed by atoms with van der Waals surface area (Å²) >= 11 is 0. The molecule has 3 aromatic rings. The van der Waals surface area contributed by atoms with Crippen LogP contribution in [-0.4, -0.2) is 49.7 Å². The third-order valence-corrected chi connectivity index (χ3v) is 8.08. The molecule has 1 heterocycles. The molecule has 3 aromatic carbocycles. The molecule has 4 rings (SSSR count). The van der Waals surface area contributed by atoms with Crippen molar-refractivity contribution in [2.24, 2.45) is 0 Å². The Morgan fingerprint density at radius 2 is 1.71 bits per heavy atom. The lowest BCUT2D eigenvalue weighted by Gasteiger charge is -2.32. The Labute approximate surface area is 204 Å². The summed E-state index contributed by atoms with van der Waals surface area (Å²) in [5.41, 5.74) is 0.593. The van der Waals surface area contributed by atoms with Crippen LogP contribution in [0.15, 0.2) is 71.6 Å². The first-order valence-electron chi connectivity index (χ1n) is 11.5. The summed E-state index contributed by atoms with van der Waals surface area (Å²) in [6, 6.07) is 17.5. The van der Waals surface area contributed by atoms with Gasteiger partial charge in [0.15, 0.2) is 0 Å². The van der Waals surface area contributed by atoms with Crippen LogP contribution in [-0.2, 0) is 26.0 Å². The SMILES string of the molecule is CC(=O)NC(Cc1cccc(F)c1)C(=O)NC1CCN(S(=O)(=O)c2ccc3ccccc3c2)CC1. The highest BCUT2D eigenvalue weighted by Crippen LogP contribution is 2.24. The highest BCUT2D eigenvalue weighted by atomic mass is 32.2. The number of nitrogens with one attached hydrogen (secondary N) is 2. The minimum atomic E-state index is -3.65. The second-order valence-electron chi connectivity index (χ2n) is 8.78. The molecular weight excluding hydrogens is 469 g/mol. The largest absolute Gasteiger partial charge is 0.351 e. The molecule has 1 atom stereocenters. The summed E-state index contributed by atoms with van der Waals surface area (Å²) in [6.07, 6.45) is 1.05. The van der Waals surface area contributed by atoms with Gasteiger partial charge in [-0.1, -0.05) is 42.5 Å². The van der Waals surface area contributed by atoms with E-state index in [1.54, 1.807) is 30.3 Å². The van der Waals surface area contributed by atoms with E-state index in [2.05, 4.69) is 10.6 Å². The van der Waals surface area contributed by atoms with Gasteiger partial charge < -0.3 is 10.6 Å². The smallest absolute Gasteiger partial charge is 0.243 e. The molecule has 0 aliphatic carbocycles. The molecule has 2 amide bonds. The molecule has 0 bridgehead atoms. The zero-order chi connectivity index (χ0) is 25.0. The van der Waals surface area contributed by atoms with Crippen molar-refractivity contribution in [3.63, 3.8) is 0 Å². The van der Waals surface area contributed by atoms with Crippen LogP contribution in [0, 0.1) is 5.82 Å². The van der Waals surface area contributed by atoms with Crippen molar-refractivity contribution in [2.45, 2.75) is 43.2 Å². The van der Waals surface area contributed by atoms with Gasteiger partial charge in [0, 0.05) is 32.5 Å². The van der Waals surface area contributed by atoms with Crippen LogP contribution in [0.25, 0.3) is 10.8 Å². The highest BCUT2D eigenvalue weighted by Gasteiger charge is 2.31. The number of fused-ring (bicyclic) bond motifs is 1. The molecule has 1 aliphatic heterocycles. The lowest BCUT2D eigenvalue weighted by molar-refractivity contribution is -0.128. The number of carbonyl (C=O) groups is 2. The van der Waals surface area contributed by atoms with Gasteiger partial charge in [-0.25, -0.2) is 12.8 Å². The van der Waals surface area contributed by atoms with E-state index in [1.807, 2.05) is 24.3 Å². The van der Waals surface area contributed by atoms with E-state index in [4.69, 9.17) is 0 Å². The van der Waals surface area contributed by atoms with E-state index < -0.39 is 21.9 Å². The minimum Gasteiger partial charge on any atom is -0.351 e. The van der Waals surface area contributed by atoms with Crippen molar-refractivity contribution in [1.82, 2.24) is 14.9 Å². The Balaban J connectivity index is 1.38. The van der Waals surface area contributed by atoms with Gasteiger partial charge in [-0.2, -0.15) is 4.31 Å². The number of amides is 2. The summed E-state index contributed by atoms with van der Waals surface area (Å²) in [4.78, 5) is 24.8. The zero-order valence-electron chi connectivity index (χ0n) is 19.4. The first kappa shape index (κ1) is 24.8. The molecule has 9 heteroatoms. The first-order chi connectivity index (χ1) is 16.7. The summed E-state index contributed by atoms with van der Waals surface area (Å²) in [7, 11) is -3.65. The van der Waals surface area contributed by atoms with Crippen LogP contribution in [0.1, 0.15) is 25.3 Å². The van der Waals surface area contributed by atoms with Crippen molar-refractivity contribution in [2.75, 3.05) is 13.1 Å². The highest BCUT2D eigenvalue weighted by molar-refractivity contribution is 7.89. The number of nitrogens with zero attached hydrogens (tertiary/aromatic N) is 1. The number of carbonyl (C=O) groups excluding carboxylic acids is 2. The standard InChI is InChI=1S/C26H28FN3O4S/c1-18(31)28-25(16-19-5-4-8-22(27)15-19)26(32)29-23-11-13-30(14-12-23)35(33,34)24-10-9-20-6-2-3-7-21(20)17-24/h2-10,15,17,23,25H,11-14,16H2,1H3,(H,28,31)(H,29,32). The predicted octanol–water partition coefficient (Wildman–Crippen LogP) is 3.00. The van der Waals surface area contributed by atoms with Crippen LogP contribution in [0.2, 0.25) is 0 Å². The number of hydrogen-bond donors (Lipinski definition) is 2. The van der Waals surface area contributed by atoms with Gasteiger partial charge in [-0.3, -0.25) is 9.59 Å². The van der Waals surface area contributed by atoms with E-state index in [9.17, 15) is 22.4 Å². The monoisotopic (exact) mass is 497 g/mol. The molecule has 1 fully saturated rings. The second-order valence-corrected chi connectivity index (χ2v) is 10.7. The molecule has 35 heavy (non-hydrogen) atoms. The molecular formula is C26H28FN3O4S. The summed E-state index contributed by atoms with van der Waals surface area (Å²) in [5.74, 6) is -1.15. The van der Waals surface area contributed by atoms with Gasteiger partial charge in [0.25, 0.3) is 0 Å². The summed E-state index contributed by atoms with van der Waals surface area (Å²) < 4.78 is 41.3. The fourth-order valence-electron chi connectivity index (χ4n) is 4.37. The Kier molecular flexibility index (Phi) is 7.47. The molecule has 184 valence electrons. The molecule has 0 radical (unpaired) electrons. The van der Waals surface area contributed by atoms with E-state index in [0.717, 1.165) is 10.8 Å². The predicted molar refractivity (Wildman–Crippen MR) is 132 cm³/mol. The lowest BCUT2D eigenvalue weighted by Crippen LogP contribution is -2.53. The van der Waals surface area contributed by atoms with Gasteiger partial charge in [-0.05, 0) is 53.4 Å². The first-order valence-corrected chi connectivity index (χ1v) is 13.0. The Morgan fingerprint density at radius 1 is 1.00 bits per heavy atom. The molecule has 2 N–H and O–H groups in total.